The van der Waals surface area contributed by atoms with Gasteiger partial charge in [0.2, 0.25) is 0 Å². The summed E-state index contributed by atoms with van der Waals surface area (Å²) in [4.78, 5) is 0.250. The second kappa shape index (κ2) is 6.35. The topological polar surface area (TPSA) is 66.4 Å². The van der Waals surface area contributed by atoms with E-state index in [0.29, 0.717) is 11.4 Å². The number of sulfone groups is 1. The fourth-order valence-corrected chi connectivity index (χ4v) is 3.20. The van der Waals surface area contributed by atoms with E-state index in [-0.39, 0.29) is 23.3 Å². The Bertz CT molecular complexity index is 444. The number of aliphatic hydroxyl groups excluding tert-OH is 1. The number of aliphatic hydroxyl groups is 1. The predicted molar refractivity (Wildman–Crippen MR) is 68.1 cm³/mol. The monoisotopic (exact) mass is 277 g/mol. The molecule has 0 amide bonds. The highest BCUT2D eigenvalue weighted by atomic mass is 35.5. The molecule has 96 valence electrons. The highest BCUT2D eigenvalue weighted by Gasteiger charge is 2.19. The van der Waals surface area contributed by atoms with Crippen molar-refractivity contribution in [2.24, 2.45) is 0 Å². The lowest BCUT2D eigenvalue weighted by Gasteiger charge is -2.14. The normalized spacial score (nSPS) is 13.6. The molecule has 0 fully saturated rings. The van der Waals surface area contributed by atoms with Crippen molar-refractivity contribution in [3.63, 3.8) is 0 Å². The fraction of sp³-hybridized carbons (Fsp3) is 0.455. The van der Waals surface area contributed by atoms with Gasteiger partial charge in [-0.15, -0.1) is 0 Å². The summed E-state index contributed by atoms with van der Waals surface area (Å²) in [6, 6.07) is 5.83. The zero-order valence-corrected chi connectivity index (χ0v) is 11.1. The first-order chi connectivity index (χ1) is 7.99. The summed E-state index contributed by atoms with van der Waals surface area (Å²) in [6.07, 6.45) is 0.406. The van der Waals surface area contributed by atoms with Crippen LogP contribution < -0.4 is 5.32 Å². The SMILES string of the molecule is CNC(CCO)CS(=O)(=O)c1ccc(Cl)cc1. The van der Waals surface area contributed by atoms with Crippen molar-refractivity contribution in [3.8, 4) is 0 Å². The van der Waals surface area contributed by atoms with Crippen molar-refractivity contribution >= 4 is 21.4 Å². The van der Waals surface area contributed by atoms with Crippen molar-refractivity contribution in [1.82, 2.24) is 5.32 Å². The molecule has 0 bridgehead atoms. The third kappa shape index (κ3) is 4.27. The first-order valence-electron chi connectivity index (χ1n) is 5.26. The second-order valence-electron chi connectivity index (χ2n) is 3.73. The van der Waals surface area contributed by atoms with Crippen LogP contribution in [0.25, 0.3) is 0 Å². The quantitative estimate of drug-likeness (QED) is 0.817. The van der Waals surface area contributed by atoms with Crippen molar-refractivity contribution in [2.45, 2.75) is 17.4 Å². The minimum Gasteiger partial charge on any atom is -0.396 e. The van der Waals surface area contributed by atoms with Gasteiger partial charge < -0.3 is 10.4 Å². The molecule has 0 saturated heterocycles. The molecule has 1 rings (SSSR count). The van der Waals surface area contributed by atoms with E-state index < -0.39 is 9.84 Å². The number of hydrogen-bond acceptors (Lipinski definition) is 4. The second-order valence-corrected chi connectivity index (χ2v) is 6.20. The Labute approximate surface area is 107 Å². The number of rotatable bonds is 6. The highest BCUT2D eigenvalue weighted by Crippen LogP contribution is 2.16. The Morgan fingerprint density at radius 2 is 1.94 bits per heavy atom. The van der Waals surface area contributed by atoms with E-state index >= 15 is 0 Å². The number of hydrogen-bond donors (Lipinski definition) is 2. The van der Waals surface area contributed by atoms with Crippen LogP contribution in [0.2, 0.25) is 5.02 Å². The third-order valence-electron chi connectivity index (χ3n) is 2.48. The lowest BCUT2D eigenvalue weighted by atomic mass is 10.2. The average molecular weight is 278 g/mol. The minimum absolute atomic E-state index is 0.0360. The van der Waals surface area contributed by atoms with E-state index in [4.69, 9.17) is 16.7 Å². The Kier molecular flexibility index (Phi) is 5.39. The van der Waals surface area contributed by atoms with E-state index in [2.05, 4.69) is 5.32 Å². The average Bonchev–Trinajstić information content (AvgIpc) is 2.28. The van der Waals surface area contributed by atoms with Crippen LogP contribution >= 0.6 is 11.6 Å². The van der Waals surface area contributed by atoms with Gasteiger partial charge in [0.05, 0.1) is 10.6 Å². The van der Waals surface area contributed by atoms with Crippen molar-refractivity contribution in [3.05, 3.63) is 29.3 Å². The van der Waals surface area contributed by atoms with Crippen LogP contribution in [0.1, 0.15) is 6.42 Å². The maximum Gasteiger partial charge on any atom is 0.179 e. The Hall–Kier alpha value is -0.620. The molecular formula is C11H16ClNO3S. The molecule has 1 atom stereocenters. The van der Waals surface area contributed by atoms with E-state index in [1.54, 1.807) is 19.2 Å². The zero-order chi connectivity index (χ0) is 12.9. The molecule has 2 N–H and O–H groups in total. The molecule has 1 aromatic carbocycles. The molecule has 0 saturated carbocycles. The van der Waals surface area contributed by atoms with Crippen LogP contribution in [0, 0.1) is 0 Å². The number of nitrogens with one attached hydrogen (secondary N) is 1. The van der Waals surface area contributed by atoms with E-state index in [1.807, 2.05) is 0 Å². The smallest absolute Gasteiger partial charge is 0.179 e. The van der Waals surface area contributed by atoms with Gasteiger partial charge in [-0.1, -0.05) is 11.6 Å². The summed E-state index contributed by atoms with van der Waals surface area (Å²) in [5, 5.41) is 12.2. The molecular weight excluding hydrogens is 262 g/mol. The lowest BCUT2D eigenvalue weighted by molar-refractivity contribution is 0.272. The van der Waals surface area contributed by atoms with Gasteiger partial charge in [0.15, 0.2) is 9.84 Å². The predicted octanol–water partition coefficient (Wildman–Crippen LogP) is 1.08. The van der Waals surface area contributed by atoms with Crippen LogP contribution in [0.5, 0.6) is 0 Å². The maximum atomic E-state index is 12.0. The summed E-state index contributed by atoms with van der Waals surface area (Å²) in [6.45, 7) is -0.0400. The standard InChI is InChI=1S/C11H16ClNO3S/c1-13-10(6-7-14)8-17(15,16)11-4-2-9(12)3-5-11/h2-5,10,13-14H,6-8H2,1H3. The van der Waals surface area contributed by atoms with Gasteiger partial charge in [0.1, 0.15) is 0 Å². The molecule has 0 aliphatic heterocycles. The minimum atomic E-state index is -3.34. The van der Waals surface area contributed by atoms with E-state index in [0.717, 1.165) is 0 Å². The Balaban J connectivity index is 2.84. The largest absolute Gasteiger partial charge is 0.396 e. The van der Waals surface area contributed by atoms with E-state index in [1.165, 1.54) is 12.1 Å². The van der Waals surface area contributed by atoms with Gasteiger partial charge in [-0.05, 0) is 37.7 Å². The van der Waals surface area contributed by atoms with Gasteiger partial charge in [-0.3, -0.25) is 0 Å². The van der Waals surface area contributed by atoms with Gasteiger partial charge in [-0.25, -0.2) is 8.42 Å². The van der Waals surface area contributed by atoms with Crippen LogP contribution in [-0.4, -0.2) is 39.0 Å². The first kappa shape index (κ1) is 14.4. The van der Waals surface area contributed by atoms with Gasteiger partial charge >= 0.3 is 0 Å². The van der Waals surface area contributed by atoms with Crippen LogP contribution in [-0.2, 0) is 9.84 Å². The van der Waals surface area contributed by atoms with Crippen molar-refractivity contribution in [1.29, 1.82) is 0 Å². The molecule has 4 nitrogen and oxygen atoms in total. The fourth-order valence-electron chi connectivity index (χ4n) is 1.47. The summed E-state index contributed by atoms with van der Waals surface area (Å²) in [5.74, 6) is -0.0360. The molecule has 0 aromatic heterocycles. The molecule has 0 aliphatic rings. The van der Waals surface area contributed by atoms with Crippen LogP contribution in [0.15, 0.2) is 29.2 Å². The summed E-state index contributed by atoms with van der Waals surface area (Å²) < 4.78 is 24.0. The number of benzene rings is 1. The van der Waals surface area contributed by atoms with Crippen molar-refractivity contribution in [2.75, 3.05) is 19.4 Å². The van der Waals surface area contributed by atoms with Crippen LogP contribution in [0.3, 0.4) is 0 Å². The Morgan fingerprint density at radius 1 is 1.35 bits per heavy atom. The third-order valence-corrected chi connectivity index (χ3v) is 4.56. The lowest BCUT2D eigenvalue weighted by Crippen LogP contribution is -2.33. The van der Waals surface area contributed by atoms with Gasteiger partial charge in [-0.2, -0.15) is 0 Å². The highest BCUT2D eigenvalue weighted by molar-refractivity contribution is 7.91. The molecule has 1 aromatic rings. The zero-order valence-electron chi connectivity index (χ0n) is 9.56. The maximum absolute atomic E-state index is 12.0. The molecule has 1 unspecified atom stereocenters. The number of halogens is 1. The summed E-state index contributed by atoms with van der Waals surface area (Å²) in [5.41, 5.74) is 0. The molecule has 0 radical (unpaired) electrons. The Morgan fingerprint density at radius 3 is 2.41 bits per heavy atom. The van der Waals surface area contributed by atoms with Gasteiger partial charge in [0.25, 0.3) is 0 Å². The molecule has 6 heteroatoms. The van der Waals surface area contributed by atoms with E-state index in [9.17, 15) is 8.42 Å². The molecule has 0 spiro atoms. The molecule has 17 heavy (non-hydrogen) atoms. The molecule has 0 aliphatic carbocycles. The summed E-state index contributed by atoms with van der Waals surface area (Å²) >= 11 is 5.70. The van der Waals surface area contributed by atoms with Gasteiger partial charge in [0, 0.05) is 17.7 Å². The first-order valence-corrected chi connectivity index (χ1v) is 7.29. The van der Waals surface area contributed by atoms with Crippen molar-refractivity contribution < 1.29 is 13.5 Å². The summed E-state index contributed by atoms with van der Waals surface area (Å²) in [7, 11) is -1.66. The molecule has 0 heterocycles. The van der Waals surface area contributed by atoms with Crippen LogP contribution in [0.4, 0.5) is 0 Å².